The molecule has 138 valence electrons. The van der Waals surface area contributed by atoms with E-state index in [9.17, 15) is 9.18 Å². The fraction of sp³-hybridized carbons (Fsp3) is 0.579. The van der Waals surface area contributed by atoms with Crippen LogP contribution in [0.25, 0.3) is 0 Å². The first kappa shape index (κ1) is 19.6. The van der Waals surface area contributed by atoms with Gasteiger partial charge in [0.25, 0.3) is 0 Å². The van der Waals surface area contributed by atoms with Gasteiger partial charge >= 0.3 is 0 Å². The lowest BCUT2D eigenvalue weighted by molar-refractivity contribution is -0.124. The van der Waals surface area contributed by atoms with Gasteiger partial charge in [0.2, 0.25) is 5.91 Å². The zero-order chi connectivity index (χ0) is 18.4. The molecule has 1 saturated heterocycles. The Labute approximate surface area is 155 Å². The molecule has 0 spiro atoms. The number of carbonyl (C=O) groups is 1. The van der Waals surface area contributed by atoms with Crippen LogP contribution in [0.5, 0.6) is 0 Å². The lowest BCUT2D eigenvalue weighted by Crippen LogP contribution is -2.40. The topological polar surface area (TPSA) is 44.4 Å². The quantitative estimate of drug-likeness (QED) is 0.761. The maximum atomic E-state index is 13.3. The molecule has 1 aromatic rings. The minimum atomic E-state index is -0.264. The van der Waals surface area contributed by atoms with E-state index < -0.39 is 0 Å². The lowest BCUT2D eigenvalue weighted by atomic mass is 9.88. The number of likely N-dealkylation sites (tertiary alicyclic amines) is 1. The minimum absolute atomic E-state index is 0.0104. The predicted molar refractivity (Wildman–Crippen MR) is 103 cm³/mol. The fourth-order valence-corrected chi connectivity index (χ4v) is 3.45. The van der Waals surface area contributed by atoms with Crippen LogP contribution in [0, 0.1) is 17.7 Å². The summed E-state index contributed by atoms with van der Waals surface area (Å²) in [5, 5.41) is 6.88. The first-order valence-corrected chi connectivity index (χ1v) is 9.39. The normalized spacial score (nSPS) is 20.0. The van der Waals surface area contributed by atoms with Crippen LogP contribution in [-0.4, -0.2) is 42.1 Å². The van der Waals surface area contributed by atoms with E-state index in [0.29, 0.717) is 30.7 Å². The molecule has 2 atom stereocenters. The van der Waals surface area contributed by atoms with Crippen molar-refractivity contribution in [3.63, 3.8) is 0 Å². The SMILES string of the molecule is CCNC(=S)N1C[C@H](c2ccc(F)cc2)[C@H](C(=O)NCCC(C)C)C1. The van der Waals surface area contributed by atoms with Gasteiger partial charge in [0.15, 0.2) is 5.11 Å². The molecular formula is C19H28FN3OS. The number of thiocarbonyl (C=S) groups is 1. The molecule has 2 N–H and O–H groups in total. The third-order valence-corrected chi connectivity index (χ3v) is 4.99. The van der Waals surface area contributed by atoms with Gasteiger partial charge in [-0.1, -0.05) is 26.0 Å². The molecule has 0 bridgehead atoms. The van der Waals surface area contributed by atoms with Crippen molar-refractivity contribution in [2.45, 2.75) is 33.1 Å². The summed E-state index contributed by atoms with van der Waals surface area (Å²) in [6.07, 6.45) is 0.958. The highest BCUT2D eigenvalue weighted by atomic mass is 32.1. The van der Waals surface area contributed by atoms with Gasteiger partial charge in [0, 0.05) is 32.1 Å². The van der Waals surface area contributed by atoms with Crippen molar-refractivity contribution in [3.05, 3.63) is 35.6 Å². The molecular weight excluding hydrogens is 337 g/mol. The summed E-state index contributed by atoms with van der Waals surface area (Å²) in [4.78, 5) is 14.8. The summed E-state index contributed by atoms with van der Waals surface area (Å²) < 4.78 is 13.3. The van der Waals surface area contributed by atoms with Crippen LogP contribution < -0.4 is 10.6 Å². The molecule has 1 amide bonds. The molecule has 0 saturated carbocycles. The second kappa shape index (κ2) is 9.13. The fourth-order valence-electron chi connectivity index (χ4n) is 3.16. The summed E-state index contributed by atoms with van der Waals surface area (Å²) in [5.41, 5.74) is 0.979. The lowest BCUT2D eigenvalue weighted by Gasteiger charge is -2.19. The highest BCUT2D eigenvalue weighted by Gasteiger charge is 2.39. The first-order valence-electron chi connectivity index (χ1n) is 8.98. The highest BCUT2D eigenvalue weighted by molar-refractivity contribution is 7.80. The van der Waals surface area contributed by atoms with Crippen molar-refractivity contribution < 1.29 is 9.18 Å². The van der Waals surface area contributed by atoms with Crippen LogP contribution in [0.4, 0.5) is 4.39 Å². The molecule has 1 aliphatic heterocycles. The summed E-state index contributed by atoms with van der Waals surface area (Å²) >= 11 is 5.42. The monoisotopic (exact) mass is 365 g/mol. The average molecular weight is 366 g/mol. The van der Waals surface area contributed by atoms with E-state index in [2.05, 4.69) is 24.5 Å². The molecule has 0 radical (unpaired) electrons. The standard InChI is InChI=1S/C19H28FN3OS/c1-4-21-19(25)23-11-16(14-5-7-15(20)8-6-14)17(12-23)18(24)22-10-9-13(2)3/h5-8,13,16-17H,4,9-12H2,1-3H3,(H,21,25)(H,22,24)/t16-,17-/m1/s1. The molecule has 25 heavy (non-hydrogen) atoms. The molecule has 0 unspecified atom stereocenters. The number of halogens is 1. The van der Waals surface area contributed by atoms with Crippen molar-refractivity contribution in [2.75, 3.05) is 26.2 Å². The Hall–Kier alpha value is -1.69. The highest BCUT2D eigenvalue weighted by Crippen LogP contribution is 2.33. The van der Waals surface area contributed by atoms with Gasteiger partial charge in [-0.2, -0.15) is 0 Å². The smallest absolute Gasteiger partial charge is 0.225 e. The third-order valence-electron chi connectivity index (χ3n) is 4.59. The van der Waals surface area contributed by atoms with Crippen molar-refractivity contribution in [1.82, 2.24) is 15.5 Å². The largest absolute Gasteiger partial charge is 0.363 e. The van der Waals surface area contributed by atoms with Crippen LogP contribution >= 0.6 is 12.2 Å². The Morgan fingerprint density at radius 2 is 1.96 bits per heavy atom. The molecule has 1 aliphatic rings. The van der Waals surface area contributed by atoms with Gasteiger partial charge in [0.1, 0.15) is 5.82 Å². The number of hydrogen-bond acceptors (Lipinski definition) is 2. The van der Waals surface area contributed by atoms with Gasteiger partial charge in [-0.15, -0.1) is 0 Å². The van der Waals surface area contributed by atoms with Crippen molar-refractivity contribution in [2.24, 2.45) is 11.8 Å². The summed E-state index contributed by atoms with van der Waals surface area (Å²) in [6, 6.07) is 6.45. The molecule has 6 heteroatoms. The number of hydrogen-bond donors (Lipinski definition) is 2. The Kier molecular flexibility index (Phi) is 7.17. The van der Waals surface area contributed by atoms with E-state index >= 15 is 0 Å². The zero-order valence-electron chi connectivity index (χ0n) is 15.2. The van der Waals surface area contributed by atoms with Crippen LogP contribution in [0.2, 0.25) is 0 Å². The number of nitrogens with zero attached hydrogens (tertiary/aromatic N) is 1. The molecule has 1 fully saturated rings. The Morgan fingerprint density at radius 1 is 1.28 bits per heavy atom. The van der Waals surface area contributed by atoms with Crippen LogP contribution in [0.1, 0.15) is 38.7 Å². The summed E-state index contributed by atoms with van der Waals surface area (Å²) in [5.74, 6) is 0.163. The maximum absolute atomic E-state index is 13.3. The molecule has 0 aliphatic carbocycles. The van der Waals surface area contributed by atoms with Gasteiger partial charge in [-0.3, -0.25) is 4.79 Å². The summed E-state index contributed by atoms with van der Waals surface area (Å²) in [6.45, 7) is 8.96. The van der Waals surface area contributed by atoms with Crippen molar-refractivity contribution in [3.8, 4) is 0 Å². The second-order valence-electron chi connectivity index (χ2n) is 6.98. The molecule has 2 rings (SSSR count). The van der Waals surface area contributed by atoms with Gasteiger partial charge in [-0.25, -0.2) is 4.39 Å². The number of carbonyl (C=O) groups excluding carboxylic acids is 1. The molecule has 1 heterocycles. The van der Waals surface area contributed by atoms with E-state index in [1.54, 1.807) is 12.1 Å². The number of benzene rings is 1. The van der Waals surface area contributed by atoms with E-state index in [0.717, 1.165) is 18.5 Å². The zero-order valence-corrected chi connectivity index (χ0v) is 16.0. The van der Waals surface area contributed by atoms with Crippen LogP contribution in [-0.2, 0) is 4.79 Å². The number of rotatable bonds is 6. The number of nitrogens with one attached hydrogen (secondary N) is 2. The first-order chi connectivity index (χ1) is 11.9. The average Bonchev–Trinajstić information content (AvgIpc) is 3.01. The van der Waals surface area contributed by atoms with Gasteiger partial charge in [-0.05, 0) is 49.2 Å². The van der Waals surface area contributed by atoms with Gasteiger partial charge in [0.05, 0.1) is 5.92 Å². The Balaban J connectivity index is 2.12. The third kappa shape index (κ3) is 5.39. The Bertz CT molecular complexity index is 591. The Morgan fingerprint density at radius 3 is 2.56 bits per heavy atom. The number of amides is 1. The second-order valence-corrected chi connectivity index (χ2v) is 7.37. The summed E-state index contributed by atoms with van der Waals surface area (Å²) in [7, 11) is 0. The predicted octanol–water partition coefficient (Wildman–Crippen LogP) is 2.90. The van der Waals surface area contributed by atoms with Crippen molar-refractivity contribution >= 4 is 23.2 Å². The van der Waals surface area contributed by atoms with E-state index in [4.69, 9.17) is 12.2 Å². The molecule has 1 aromatic carbocycles. The van der Waals surface area contributed by atoms with E-state index in [1.165, 1.54) is 12.1 Å². The van der Waals surface area contributed by atoms with Crippen LogP contribution in [0.15, 0.2) is 24.3 Å². The molecule has 4 nitrogen and oxygen atoms in total. The van der Waals surface area contributed by atoms with E-state index in [1.807, 2.05) is 11.8 Å². The minimum Gasteiger partial charge on any atom is -0.363 e. The maximum Gasteiger partial charge on any atom is 0.225 e. The van der Waals surface area contributed by atoms with Gasteiger partial charge < -0.3 is 15.5 Å². The van der Waals surface area contributed by atoms with Crippen molar-refractivity contribution in [1.29, 1.82) is 0 Å². The van der Waals surface area contributed by atoms with E-state index in [-0.39, 0.29) is 23.6 Å². The molecule has 0 aromatic heterocycles. The van der Waals surface area contributed by atoms with Crippen LogP contribution in [0.3, 0.4) is 0 Å².